The van der Waals surface area contributed by atoms with Gasteiger partial charge < -0.3 is 0 Å². The second kappa shape index (κ2) is 3.22. The van der Waals surface area contributed by atoms with Crippen molar-refractivity contribution < 1.29 is 4.39 Å². The summed E-state index contributed by atoms with van der Waals surface area (Å²) in [5.41, 5.74) is 0. The van der Waals surface area contributed by atoms with Gasteiger partial charge >= 0.3 is 0 Å². The Labute approximate surface area is 73.5 Å². The van der Waals surface area contributed by atoms with Crippen LogP contribution in [0, 0.1) is 5.95 Å². The summed E-state index contributed by atoms with van der Waals surface area (Å²) in [5.74, 6) is -0.0694. The topological polar surface area (TPSA) is 51.6 Å². The monoisotopic (exact) mass is 176 g/mol. The predicted molar refractivity (Wildman–Crippen MR) is 43.0 cm³/mol. The van der Waals surface area contributed by atoms with E-state index in [9.17, 15) is 4.39 Å². The molecular weight excluding hydrogens is 171 g/mol. The number of nitrogens with zero attached hydrogens (tertiary/aromatic N) is 4. The van der Waals surface area contributed by atoms with E-state index in [1.807, 2.05) is 0 Å². The Hall–Kier alpha value is -1.91. The van der Waals surface area contributed by atoms with Crippen LogP contribution in [-0.2, 0) is 0 Å². The van der Waals surface area contributed by atoms with E-state index in [0.29, 0.717) is 5.82 Å². The van der Waals surface area contributed by atoms with E-state index in [1.165, 1.54) is 12.3 Å². The zero-order valence-electron chi connectivity index (χ0n) is 6.55. The summed E-state index contributed by atoms with van der Waals surface area (Å²) in [6.07, 6.45) is 4.43. The van der Waals surface area contributed by atoms with Crippen molar-refractivity contribution >= 4 is 0 Å². The highest BCUT2D eigenvalue weighted by Gasteiger charge is 2.03. The predicted octanol–water partition coefficient (Wildman–Crippen LogP) is 1.07. The summed E-state index contributed by atoms with van der Waals surface area (Å²) in [4.78, 5) is 15.1. The van der Waals surface area contributed by atoms with Crippen LogP contribution in [0.3, 0.4) is 0 Å². The van der Waals surface area contributed by atoms with Crippen molar-refractivity contribution in [3.8, 4) is 11.6 Å². The van der Waals surface area contributed by atoms with Gasteiger partial charge in [0, 0.05) is 24.7 Å². The minimum atomic E-state index is -0.586. The van der Waals surface area contributed by atoms with Gasteiger partial charge in [-0.2, -0.15) is 9.37 Å². The van der Waals surface area contributed by atoms with Crippen LogP contribution in [0.4, 0.5) is 4.39 Å². The maximum Gasteiger partial charge on any atom is 0.216 e. The molecule has 2 aromatic rings. The third-order valence-corrected chi connectivity index (χ3v) is 1.39. The molecule has 0 spiro atoms. The van der Waals surface area contributed by atoms with E-state index in [4.69, 9.17) is 0 Å². The Bertz CT molecular complexity index is 404. The van der Waals surface area contributed by atoms with E-state index in [1.54, 1.807) is 18.5 Å². The number of hydrogen-bond acceptors (Lipinski definition) is 4. The van der Waals surface area contributed by atoms with Crippen molar-refractivity contribution in [3.05, 3.63) is 36.7 Å². The summed E-state index contributed by atoms with van der Waals surface area (Å²) in [5, 5.41) is 0. The standard InChI is InChI=1S/C8H5FN4/c9-6-2-5-12-8(13-6)7-10-3-1-4-11-7/h1-5H. The van der Waals surface area contributed by atoms with Gasteiger partial charge in [0.15, 0.2) is 11.6 Å². The Morgan fingerprint density at radius 1 is 0.923 bits per heavy atom. The molecule has 13 heavy (non-hydrogen) atoms. The summed E-state index contributed by atoms with van der Waals surface area (Å²) in [7, 11) is 0. The van der Waals surface area contributed by atoms with Crippen molar-refractivity contribution in [1.29, 1.82) is 0 Å². The molecule has 4 nitrogen and oxygen atoms in total. The van der Waals surface area contributed by atoms with Crippen LogP contribution in [0.2, 0.25) is 0 Å². The van der Waals surface area contributed by atoms with E-state index < -0.39 is 5.95 Å². The molecule has 0 fully saturated rings. The molecule has 0 aliphatic rings. The zero-order chi connectivity index (χ0) is 9.10. The molecule has 0 aliphatic carbocycles. The third-order valence-electron chi connectivity index (χ3n) is 1.39. The molecule has 2 heterocycles. The van der Waals surface area contributed by atoms with Crippen molar-refractivity contribution in [2.45, 2.75) is 0 Å². The first-order valence-electron chi connectivity index (χ1n) is 3.62. The van der Waals surface area contributed by atoms with Crippen LogP contribution >= 0.6 is 0 Å². The lowest BCUT2D eigenvalue weighted by Gasteiger charge is -1.95. The Balaban J connectivity index is 2.48. The average Bonchev–Trinajstić information content (AvgIpc) is 2.19. The lowest BCUT2D eigenvalue weighted by Crippen LogP contribution is -1.95. The average molecular weight is 176 g/mol. The first-order valence-corrected chi connectivity index (χ1v) is 3.62. The lowest BCUT2D eigenvalue weighted by molar-refractivity contribution is 0.581. The number of hydrogen-bond donors (Lipinski definition) is 0. The lowest BCUT2D eigenvalue weighted by atomic mass is 10.5. The van der Waals surface area contributed by atoms with Gasteiger partial charge in [0.2, 0.25) is 5.95 Å². The number of halogens is 1. The van der Waals surface area contributed by atoms with Crippen LogP contribution in [0.5, 0.6) is 0 Å². The SMILES string of the molecule is Fc1ccnc(-c2ncccn2)n1. The Morgan fingerprint density at radius 3 is 2.31 bits per heavy atom. The normalized spacial score (nSPS) is 9.92. The molecule has 0 aliphatic heterocycles. The fourth-order valence-corrected chi connectivity index (χ4v) is 0.859. The molecule has 5 heteroatoms. The Kier molecular flexibility index (Phi) is 1.91. The van der Waals surface area contributed by atoms with Gasteiger partial charge in [0.1, 0.15) is 0 Å². The quantitative estimate of drug-likeness (QED) is 0.610. The molecule has 0 atom stereocenters. The van der Waals surface area contributed by atoms with Gasteiger partial charge in [0.05, 0.1) is 0 Å². The molecule has 0 radical (unpaired) electrons. The van der Waals surface area contributed by atoms with E-state index in [2.05, 4.69) is 19.9 Å². The largest absolute Gasteiger partial charge is 0.234 e. The van der Waals surface area contributed by atoms with Gasteiger partial charge in [-0.3, -0.25) is 0 Å². The van der Waals surface area contributed by atoms with Crippen LogP contribution < -0.4 is 0 Å². The number of rotatable bonds is 1. The third kappa shape index (κ3) is 1.64. The minimum absolute atomic E-state index is 0.195. The highest BCUT2D eigenvalue weighted by molar-refractivity contribution is 5.40. The van der Waals surface area contributed by atoms with Crippen LogP contribution in [-0.4, -0.2) is 19.9 Å². The summed E-state index contributed by atoms with van der Waals surface area (Å²) >= 11 is 0. The van der Waals surface area contributed by atoms with Crippen LogP contribution in [0.1, 0.15) is 0 Å². The van der Waals surface area contributed by atoms with Gasteiger partial charge in [-0.25, -0.2) is 15.0 Å². The molecule has 0 amide bonds. The van der Waals surface area contributed by atoms with Crippen LogP contribution in [0.15, 0.2) is 30.7 Å². The van der Waals surface area contributed by atoms with Gasteiger partial charge in [-0.1, -0.05) is 0 Å². The first kappa shape index (κ1) is 7.72. The molecular formula is C8H5FN4. The van der Waals surface area contributed by atoms with Gasteiger partial charge in [-0.05, 0) is 6.07 Å². The maximum absolute atomic E-state index is 12.6. The molecule has 2 rings (SSSR count). The summed E-state index contributed by atoms with van der Waals surface area (Å²) < 4.78 is 12.6. The molecule has 0 N–H and O–H groups in total. The molecule has 64 valence electrons. The zero-order valence-corrected chi connectivity index (χ0v) is 6.55. The molecule has 2 aromatic heterocycles. The van der Waals surface area contributed by atoms with Crippen LogP contribution in [0.25, 0.3) is 11.6 Å². The molecule has 0 unspecified atom stereocenters. The second-order valence-corrected chi connectivity index (χ2v) is 2.28. The minimum Gasteiger partial charge on any atom is -0.234 e. The summed E-state index contributed by atoms with van der Waals surface area (Å²) in [6, 6.07) is 2.84. The van der Waals surface area contributed by atoms with Crippen molar-refractivity contribution in [1.82, 2.24) is 19.9 Å². The molecule has 0 saturated carbocycles. The Morgan fingerprint density at radius 2 is 1.62 bits per heavy atom. The summed E-state index contributed by atoms with van der Waals surface area (Å²) in [6.45, 7) is 0. The van der Waals surface area contributed by atoms with E-state index >= 15 is 0 Å². The van der Waals surface area contributed by atoms with Crippen molar-refractivity contribution in [3.63, 3.8) is 0 Å². The maximum atomic E-state index is 12.6. The van der Waals surface area contributed by atoms with Gasteiger partial charge in [-0.15, -0.1) is 0 Å². The number of aromatic nitrogens is 4. The molecule has 0 saturated heterocycles. The van der Waals surface area contributed by atoms with Crippen molar-refractivity contribution in [2.24, 2.45) is 0 Å². The fourth-order valence-electron chi connectivity index (χ4n) is 0.859. The fraction of sp³-hybridized carbons (Fsp3) is 0. The first-order chi connectivity index (χ1) is 6.36. The second-order valence-electron chi connectivity index (χ2n) is 2.28. The van der Waals surface area contributed by atoms with E-state index in [0.717, 1.165) is 0 Å². The van der Waals surface area contributed by atoms with Crippen molar-refractivity contribution in [2.75, 3.05) is 0 Å². The van der Waals surface area contributed by atoms with E-state index in [-0.39, 0.29) is 5.82 Å². The molecule has 0 bridgehead atoms. The smallest absolute Gasteiger partial charge is 0.216 e. The van der Waals surface area contributed by atoms with Gasteiger partial charge in [0.25, 0.3) is 0 Å². The molecule has 0 aromatic carbocycles. The highest BCUT2D eigenvalue weighted by Crippen LogP contribution is 2.05. The highest BCUT2D eigenvalue weighted by atomic mass is 19.1.